The Bertz CT molecular complexity index is 1270. The molecular weight excluding hydrogens is 422 g/mol. The van der Waals surface area contributed by atoms with Crippen LogP contribution in [0.2, 0.25) is 0 Å². The van der Waals surface area contributed by atoms with Crippen LogP contribution in [0.3, 0.4) is 0 Å². The minimum atomic E-state index is -3.79. The number of pyridine rings is 1. The number of sulfonamides is 2. The van der Waals surface area contributed by atoms with Crippen molar-refractivity contribution in [3.63, 3.8) is 0 Å². The molecule has 0 saturated carbocycles. The van der Waals surface area contributed by atoms with E-state index < -0.39 is 20.0 Å². The summed E-state index contributed by atoms with van der Waals surface area (Å²) >= 11 is 0. The summed E-state index contributed by atoms with van der Waals surface area (Å²) in [6, 6.07) is 15.6. The van der Waals surface area contributed by atoms with Gasteiger partial charge in [-0.1, -0.05) is 12.1 Å². The normalized spacial score (nSPS) is 13.8. The zero-order chi connectivity index (χ0) is 21.4. The molecule has 0 spiro atoms. The summed E-state index contributed by atoms with van der Waals surface area (Å²) in [4.78, 5) is 4.11. The molecule has 0 unspecified atom stereocenters. The second-order valence-electron chi connectivity index (χ2n) is 7.21. The number of hydrogen-bond acceptors (Lipinski definition) is 5. The third kappa shape index (κ3) is 4.31. The molecule has 0 amide bonds. The third-order valence-electron chi connectivity index (χ3n) is 4.98. The van der Waals surface area contributed by atoms with Crippen molar-refractivity contribution in [2.24, 2.45) is 0 Å². The Morgan fingerprint density at radius 1 is 0.933 bits per heavy atom. The molecule has 2 heterocycles. The highest BCUT2D eigenvalue weighted by Crippen LogP contribution is 2.32. The van der Waals surface area contributed by atoms with Crippen LogP contribution < -0.4 is 9.03 Å². The van der Waals surface area contributed by atoms with Crippen LogP contribution in [-0.2, 0) is 32.9 Å². The first-order valence-corrected chi connectivity index (χ1v) is 12.7. The molecule has 0 aliphatic carbocycles. The lowest BCUT2D eigenvalue weighted by Gasteiger charge is -2.16. The number of benzene rings is 2. The average molecular weight is 444 g/mol. The Labute approximate surface area is 176 Å². The van der Waals surface area contributed by atoms with Crippen LogP contribution in [0.4, 0.5) is 11.4 Å². The van der Waals surface area contributed by atoms with E-state index in [0.29, 0.717) is 29.9 Å². The molecule has 2 aromatic carbocycles. The highest BCUT2D eigenvalue weighted by Gasteiger charge is 2.27. The lowest BCUT2D eigenvalue weighted by Crippen LogP contribution is -2.27. The van der Waals surface area contributed by atoms with Crippen molar-refractivity contribution in [2.45, 2.75) is 17.7 Å². The van der Waals surface area contributed by atoms with Crippen molar-refractivity contribution in [1.29, 1.82) is 0 Å². The molecule has 1 N–H and O–H groups in total. The van der Waals surface area contributed by atoms with Gasteiger partial charge in [0.05, 0.1) is 16.8 Å². The molecule has 1 aromatic heterocycles. The summed E-state index contributed by atoms with van der Waals surface area (Å²) in [5, 5.41) is 0. The molecule has 0 atom stereocenters. The SMILES string of the molecule is CS(=O)(=O)N1CCc2cc(S(=O)(=O)Nc3ccc(Cc4ccncc4)cc3)ccc21. The molecule has 30 heavy (non-hydrogen) atoms. The van der Waals surface area contributed by atoms with Crippen LogP contribution in [0.1, 0.15) is 16.7 Å². The monoisotopic (exact) mass is 443 g/mol. The first-order chi connectivity index (χ1) is 14.2. The number of nitrogens with zero attached hydrogens (tertiary/aromatic N) is 2. The first-order valence-electron chi connectivity index (χ1n) is 9.34. The van der Waals surface area contributed by atoms with Gasteiger partial charge < -0.3 is 0 Å². The molecule has 0 saturated heterocycles. The standard InChI is InChI=1S/C21H21N3O4S2/c1-29(25,26)24-13-10-18-15-20(6-7-21(18)24)30(27,28)23-19-4-2-16(3-5-19)14-17-8-11-22-12-9-17/h2-9,11-12,15,23H,10,13-14H2,1H3. The second-order valence-corrected chi connectivity index (χ2v) is 10.8. The lowest BCUT2D eigenvalue weighted by atomic mass is 10.1. The molecular formula is C21H21N3O4S2. The van der Waals surface area contributed by atoms with E-state index in [0.717, 1.165) is 23.8 Å². The van der Waals surface area contributed by atoms with Crippen LogP contribution in [0.15, 0.2) is 71.9 Å². The van der Waals surface area contributed by atoms with Gasteiger partial charge >= 0.3 is 0 Å². The van der Waals surface area contributed by atoms with Crippen molar-refractivity contribution < 1.29 is 16.8 Å². The van der Waals surface area contributed by atoms with E-state index in [1.165, 1.54) is 10.4 Å². The van der Waals surface area contributed by atoms with Gasteiger partial charge in [0.25, 0.3) is 10.0 Å². The van der Waals surface area contributed by atoms with Gasteiger partial charge in [0.1, 0.15) is 0 Å². The Morgan fingerprint density at radius 2 is 1.60 bits per heavy atom. The van der Waals surface area contributed by atoms with E-state index in [2.05, 4.69) is 9.71 Å². The van der Waals surface area contributed by atoms with E-state index >= 15 is 0 Å². The number of anilines is 2. The highest BCUT2D eigenvalue weighted by molar-refractivity contribution is 7.92. The van der Waals surface area contributed by atoms with Crippen LogP contribution in [-0.4, -0.2) is 34.6 Å². The average Bonchev–Trinajstić information content (AvgIpc) is 3.14. The maximum Gasteiger partial charge on any atom is 0.261 e. The van der Waals surface area contributed by atoms with Gasteiger partial charge in [-0.25, -0.2) is 16.8 Å². The fourth-order valence-corrected chi connectivity index (χ4v) is 5.57. The van der Waals surface area contributed by atoms with Crippen LogP contribution in [0.25, 0.3) is 0 Å². The lowest BCUT2D eigenvalue weighted by molar-refractivity contribution is 0.597. The molecule has 156 valence electrons. The molecule has 0 fully saturated rings. The summed E-state index contributed by atoms with van der Waals surface area (Å²) in [6.45, 7) is 0.323. The number of hydrogen-bond donors (Lipinski definition) is 1. The third-order valence-corrected chi connectivity index (χ3v) is 7.54. The summed E-state index contributed by atoms with van der Waals surface area (Å²) in [7, 11) is -7.16. The quantitative estimate of drug-likeness (QED) is 0.632. The van der Waals surface area contributed by atoms with Crippen LogP contribution in [0.5, 0.6) is 0 Å². The molecule has 0 radical (unpaired) electrons. The maximum absolute atomic E-state index is 12.8. The van der Waals surface area contributed by atoms with E-state index in [-0.39, 0.29) is 4.90 Å². The predicted molar refractivity (Wildman–Crippen MR) is 117 cm³/mol. The number of nitrogens with one attached hydrogen (secondary N) is 1. The van der Waals surface area contributed by atoms with Gasteiger partial charge in [-0.3, -0.25) is 14.0 Å². The minimum Gasteiger partial charge on any atom is -0.280 e. The van der Waals surface area contributed by atoms with E-state index in [4.69, 9.17) is 0 Å². The van der Waals surface area contributed by atoms with E-state index in [9.17, 15) is 16.8 Å². The molecule has 1 aliphatic rings. The fraction of sp³-hybridized carbons (Fsp3) is 0.190. The minimum absolute atomic E-state index is 0.109. The van der Waals surface area contributed by atoms with Gasteiger partial charge in [0, 0.05) is 24.6 Å². The zero-order valence-electron chi connectivity index (χ0n) is 16.3. The summed E-state index contributed by atoms with van der Waals surface area (Å²) in [5.74, 6) is 0. The van der Waals surface area contributed by atoms with Gasteiger partial charge in [-0.15, -0.1) is 0 Å². The smallest absolute Gasteiger partial charge is 0.261 e. The van der Waals surface area contributed by atoms with Crippen molar-refractivity contribution in [2.75, 3.05) is 21.8 Å². The van der Waals surface area contributed by atoms with Gasteiger partial charge in [-0.2, -0.15) is 0 Å². The number of rotatable bonds is 6. The molecule has 1 aliphatic heterocycles. The van der Waals surface area contributed by atoms with Crippen molar-refractivity contribution >= 4 is 31.4 Å². The Morgan fingerprint density at radius 3 is 2.27 bits per heavy atom. The van der Waals surface area contributed by atoms with Crippen LogP contribution >= 0.6 is 0 Å². The van der Waals surface area contributed by atoms with Crippen LogP contribution in [0, 0.1) is 0 Å². The molecule has 4 rings (SSSR count). The molecule has 9 heteroatoms. The highest BCUT2D eigenvalue weighted by atomic mass is 32.2. The van der Waals surface area contributed by atoms with Crippen molar-refractivity contribution in [3.8, 4) is 0 Å². The number of aromatic nitrogens is 1. The summed E-state index contributed by atoms with van der Waals surface area (Å²) in [6.07, 6.45) is 5.84. The maximum atomic E-state index is 12.8. The zero-order valence-corrected chi connectivity index (χ0v) is 17.9. The van der Waals surface area contributed by atoms with Crippen molar-refractivity contribution in [1.82, 2.24) is 4.98 Å². The molecule has 3 aromatic rings. The second kappa shape index (κ2) is 7.73. The molecule has 7 nitrogen and oxygen atoms in total. The fourth-order valence-electron chi connectivity index (χ4n) is 3.50. The van der Waals surface area contributed by atoms with Crippen molar-refractivity contribution in [3.05, 3.63) is 83.7 Å². The molecule has 0 bridgehead atoms. The largest absolute Gasteiger partial charge is 0.280 e. The Kier molecular flexibility index (Phi) is 5.25. The number of fused-ring (bicyclic) bond motifs is 1. The topological polar surface area (TPSA) is 96.4 Å². The predicted octanol–water partition coefficient (Wildman–Crippen LogP) is 2.80. The van der Waals surface area contributed by atoms with Gasteiger partial charge in [-0.05, 0) is 72.0 Å². The van der Waals surface area contributed by atoms with Gasteiger partial charge in [0.15, 0.2) is 0 Å². The first kappa shape index (κ1) is 20.4. The summed E-state index contributed by atoms with van der Waals surface area (Å²) < 4.78 is 53.2. The van der Waals surface area contributed by atoms with E-state index in [1.807, 2.05) is 24.3 Å². The van der Waals surface area contributed by atoms with Gasteiger partial charge in [0.2, 0.25) is 10.0 Å². The Balaban J connectivity index is 1.51. The Hall–Kier alpha value is -2.91. The van der Waals surface area contributed by atoms with E-state index in [1.54, 1.807) is 36.7 Å². The summed E-state index contributed by atoms with van der Waals surface area (Å²) in [5.41, 5.74) is 3.89.